The van der Waals surface area contributed by atoms with Gasteiger partial charge in [-0.15, -0.1) is 0 Å². The molecule has 3 nitrogen and oxygen atoms in total. The van der Waals surface area contributed by atoms with Crippen LogP contribution in [0.4, 0.5) is 0 Å². The maximum atomic E-state index is 12.5. The van der Waals surface area contributed by atoms with Crippen LogP contribution in [-0.2, 0) is 10.0 Å². The highest BCUT2D eigenvalue weighted by Crippen LogP contribution is 2.20. The molecule has 1 atom stereocenters. The third kappa shape index (κ3) is 5.08. The van der Waals surface area contributed by atoms with Crippen molar-refractivity contribution in [2.45, 2.75) is 63.8 Å². The molecule has 0 aromatic heterocycles. The molecule has 0 heterocycles. The lowest BCUT2D eigenvalue weighted by Gasteiger charge is -2.18. The van der Waals surface area contributed by atoms with Crippen LogP contribution < -0.4 is 4.72 Å². The molecule has 0 saturated heterocycles. The summed E-state index contributed by atoms with van der Waals surface area (Å²) >= 11 is 5.88. The minimum absolute atomic E-state index is 0.0139. The molecular formula is C15H24ClNO2S. The summed E-state index contributed by atoms with van der Waals surface area (Å²) in [4.78, 5) is 0.319. The van der Waals surface area contributed by atoms with E-state index in [9.17, 15) is 8.42 Å². The maximum absolute atomic E-state index is 12.5. The topological polar surface area (TPSA) is 46.2 Å². The van der Waals surface area contributed by atoms with Crippen molar-refractivity contribution in [2.24, 2.45) is 0 Å². The number of unbranched alkanes of at least 4 members (excludes halogenated alkanes) is 1. The van der Waals surface area contributed by atoms with E-state index in [0.717, 1.165) is 32.1 Å². The average Bonchev–Trinajstić information content (AvgIpc) is 2.35. The molecule has 0 radical (unpaired) electrons. The Labute approximate surface area is 127 Å². The third-order valence-electron chi connectivity index (χ3n) is 3.29. The first-order valence-corrected chi connectivity index (χ1v) is 9.05. The zero-order valence-electron chi connectivity index (χ0n) is 12.4. The van der Waals surface area contributed by atoms with Crippen molar-refractivity contribution in [3.63, 3.8) is 0 Å². The molecule has 0 aliphatic heterocycles. The van der Waals surface area contributed by atoms with Gasteiger partial charge >= 0.3 is 0 Å². The molecule has 1 N–H and O–H groups in total. The minimum atomic E-state index is -3.47. The summed E-state index contributed by atoms with van der Waals surface area (Å²) in [7, 11) is -3.47. The SMILES string of the molecule is CCCCC(CCC)NS(=O)(=O)c1ccc(Cl)cc1C. The van der Waals surface area contributed by atoms with Gasteiger partial charge in [-0.3, -0.25) is 0 Å². The Morgan fingerprint density at radius 1 is 1.20 bits per heavy atom. The van der Waals surface area contributed by atoms with Gasteiger partial charge in [-0.25, -0.2) is 13.1 Å². The lowest BCUT2D eigenvalue weighted by Crippen LogP contribution is -2.35. The Balaban J connectivity index is 2.91. The summed E-state index contributed by atoms with van der Waals surface area (Å²) in [5.41, 5.74) is 0.677. The number of hydrogen-bond donors (Lipinski definition) is 1. The van der Waals surface area contributed by atoms with Crippen molar-refractivity contribution in [1.29, 1.82) is 0 Å². The number of sulfonamides is 1. The minimum Gasteiger partial charge on any atom is -0.208 e. The fraction of sp³-hybridized carbons (Fsp3) is 0.600. The number of rotatable bonds is 8. The van der Waals surface area contributed by atoms with Gasteiger partial charge in [-0.1, -0.05) is 44.7 Å². The average molecular weight is 318 g/mol. The van der Waals surface area contributed by atoms with Crippen molar-refractivity contribution in [3.8, 4) is 0 Å². The predicted octanol–water partition coefficient (Wildman–Crippen LogP) is 4.29. The number of aryl methyl sites for hydroxylation is 1. The molecule has 20 heavy (non-hydrogen) atoms. The Morgan fingerprint density at radius 3 is 2.45 bits per heavy atom. The van der Waals surface area contributed by atoms with Crippen LogP contribution >= 0.6 is 11.6 Å². The van der Waals surface area contributed by atoms with Crippen molar-refractivity contribution in [1.82, 2.24) is 4.72 Å². The predicted molar refractivity (Wildman–Crippen MR) is 84.7 cm³/mol. The summed E-state index contributed by atoms with van der Waals surface area (Å²) in [5, 5.41) is 0.553. The van der Waals surface area contributed by atoms with Gasteiger partial charge in [-0.05, 0) is 43.5 Å². The van der Waals surface area contributed by atoms with E-state index in [-0.39, 0.29) is 6.04 Å². The largest absolute Gasteiger partial charge is 0.241 e. The molecule has 0 bridgehead atoms. The van der Waals surface area contributed by atoms with Crippen molar-refractivity contribution in [2.75, 3.05) is 0 Å². The highest BCUT2D eigenvalue weighted by Gasteiger charge is 2.21. The molecular weight excluding hydrogens is 294 g/mol. The molecule has 1 aromatic rings. The standard InChI is InChI=1S/C15H24ClNO2S/c1-4-6-8-14(7-5-2)17-20(18,19)15-10-9-13(16)11-12(15)3/h9-11,14,17H,4-8H2,1-3H3. The second-order valence-electron chi connectivity index (χ2n) is 5.16. The molecule has 5 heteroatoms. The monoisotopic (exact) mass is 317 g/mol. The van der Waals surface area contributed by atoms with Crippen LogP contribution in [0.1, 0.15) is 51.5 Å². The van der Waals surface area contributed by atoms with Gasteiger partial charge in [0.2, 0.25) is 10.0 Å². The molecule has 0 spiro atoms. The van der Waals surface area contributed by atoms with E-state index < -0.39 is 10.0 Å². The maximum Gasteiger partial charge on any atom is 0.241 e. The molecule has 0 saturated carbocycles. The highest BCUT2D eigenvalue weighted by molar-refractivity contribution is 7.89. The highest BCUT2D eigenvalue weighted by atomic mass is 35.5. The molecule has 1 unspecified atom stereocenters. The van der Waals surface area contributed by atoms with Gasteiger partial charge in [-0.2, -0.15) is 0 Å². The van der Waals surface area contributed by atoms with E-state index in [2.05, 4.69) is 18.6 Å². The Kier molecular flexibility index (Phi) is 7.00. The lowest BCUT2D eigenvalue weighted by molar-refractivity contribution is 0.483. The smallest absolute Gasteiger partial charge is 0.208 e. The summed E-state index contributed by atoms with van der Waals surface area (Å²) in [6, 6.07) is 4.88. The van der Waals surface area contributed by atoms with E-state index in [0.29, 0.717) is 15.5 Å². The van der Waals surface area contributed by atoms with Crippen LogP contribution in [0.2, 0.25) is 5.02 Å². The third-order valence-corrected chi connectivity index (χ3v) is 5.21. The van der Waals surface area contributed by atoms with Gasteiger partial charge in [0.15, 0.2) is 0 Å². The van der Waals surface area contributed by atoms with Crippen LogP contribution in [0, 0.1) is 6.92 Å². The first-order valence-electron chi connectivity index (χ1n) is 7.19. The van der Waals surface area contributed by atoms with Crippen LogP contribution in [0.25, 0.3) is 0 Å². The van der Waals surface area contributed by atoms with Gasteiger partial charge in [0.1, 0.15) is 0 Å². The zero-order valence-corrected chi connectivity index (χ0v) is 14.0. The molecule has 1 rings (SSSR count). The van der Waals surface area contributed by atoms with Crippen LogP contribution in [-0.4, -0.2) is 14.5 Å². The summed E-state index contributed by atoms with van der Waals surface area (Å²) in [5.74, 6) is 0. The van der Waals surface area contributed by atoms with Crippen LogP contribution in [0.3, 0.4) is 0 Å². The number of nitrogens with one attached hydrogen (secondary N) is 1. The summed E-state index contributed by atoms with van der Waals surface area (Å²) in [6.45, 7) is 5.95. The fourth-order valence-corrected chi connectivity index (χ4v) is 4.02. The first-order chi connectivity index (χ1) is 9.40. The Hall–Kier alpha value is -0.580. The van der Waals surface area contributed by atoms with Crippen LogP contribution in [0.15, 0.2) is 23.1 Å². The fourth-order valence-electron chi connectivity index (χ4n) is 2.26. The zero-order chi connectivity index (χ0) is 15.2. The van der Waals surface area contributed by atoms with Crippen molar-refractivity contribution < 1.29 is 8.42 Å². The molecule has 0 aliphatic rings. The van der Waals surface area contributed by atoms with Gasteiger partial charge in [0, 0.05) is 11.1 Å². The second-order valence-corrected chi connectivity index (χ2v) is 7.28. The van der Waals surface area contributed by atoms with E-state index in [1.165, 1.54) is 0 Å². The number of hydrogen-bond acceptors (Lipinski definition) is 2. The Morgan fingerprint density at radius 2 is 1.90 bits per heavy atom. The number of halogens is 1. The van der Waals surface area contributed by atoms with Crippen LogP contribution in [0.5, 0.6) is 0 Å². The molecule has 0 fully saturated rings. The normalized spacial score (nSPS) is 13.4. The van der Waals surface area contributed by atoms with E-state index in [1.54, 1.807) is 25.1 Å². The molecule has 1 aromatic carbocycles. The second kappa shape index (κ2) is 8.01. The molecule has 0 amide bonds. The summed E-state index contributed by atoms with van der Waals surface area (Å²) in [6.07, 6.45) is 4.83. The van der Waals surface area contributed by atoms with Crippen molar-refractivity contribution >= 4 is 21.6 Å². The van der Waals surface area contributed by atoms with Gasteiger partial charge in [0.05, 0.1) is 4.90 Å². The lowest BCUT2D eigenvalue weighted by atomic mass is 10.1. The quantitative estimate of drug-likeness (QED) is 0.777. The Bertz CT molecular complexity index is 529. The van der Waals surface area contributed by atoms with Crippen molar-refractivity contribution in [3.05, 3.63) is 28.8 Å². The molecule has 0 aliphatic carbocycles. The summed E-state index contributed by atoms with van der Waals surface area (Å²) < 4.78 is 27.8. The van der Waals surface area contributed by atoms with E-state index in [4.69, 9.17) is 11.6 Å². The first kappa shape index (κ1) is 17.5. The molecule has 114 valence electrons. The van der Waals surface area contributed by atoms with E-state index in [1.807, 2.05) is 0 Å². The number of benzene rings is 1. The van der Waals surface area contributed by atoms with Gasteiger partial charge in [0.25, 0.3) is 0 Å². The van der Waals surface area contributed by atoms with E-state index >= 15 is 0 Å². The van der Waals surface area contributed by atoms with Gasteiger partial charge < -0.3 is 0 Å².